The molecule has 1 N–H and O–H groups in total. The van der Waals surface area contributed by atoms with Gasteiger partial charge in [-0.25, -0.2) is 0 Å². The number of rotatable bonds is 4. The number of hydrogen-bond donors (Lipinski definition) is 1. The lowest BCUT2D eigenvalue weighted by Gasteiger charge is -2.23. The molecule has 2 aliphatic heterocycles. The van der Waals surface area contributed by atoms with E-state index < -0.39 is 0 Å². The van der Waals surface area contributed by atoms with E-state index >= 15 is 0 Å². The average molecular weight is 246 g/mol. The minimum absolute atomic E-state index is 0.616. The van der Waals surface area contributed by atoms with E-state index in [9.17, 15) is 0 Å². The van der Waals surface area contributed by atoms with Gasteiger partial charge in [0.05, 0.1) is 6.61 Å². The Bertz CT molecular complexity index is 407. The Labute approximate surface area is 109 Å². The highest BCUT2D eigenvalue weighted by Crippen LogP contribution is 2.30. The molecule has 2 fully saturated rings. The maximum Gasteiger partial charge on any atom is 0.0733 e. The van der Waals surface area contributed by atoms with E-state index in [4.69, 9.17) is 4.74 Å². The monoisotopic (exact) mass is 246 g/mol. The summed E-state index contributed by atoms with van der Waals surface area (Å²) < 4.78 is 5.27. The lowest BCUT2D eigenvalue weighted by atomic mass is 10.1. The second-order valence-electron chi connectivity index (χ2n) is 5.38. The van der Waals surface area contributed by atoms with Crippen LogP contribution in [0.15, 0.2) is 24.3 Å². The number of anilines is 1. The zero-order valence-electron chi connectivity index (χ0n) is 11.1. The van der Waals surface area contributed by atoms with Crippen molar-refractivity contribution in [1.82, 2.24) is 4.90 Å². The SMILES string of the molecule is COCc1ccccc1NC1CCN2CCCC12. The number of methoxy groups -OCH3 is 1. The first-order chi connectivity index (χ1) is 8.88. The van der Waals surface area contributed by atoms with Crippen LogP contribution in [0.1, 0.15) is 24.8 Å². The van der Waals surface area contributed by atoms with E-state index in [2.05, 4.69) is 34.5 Å². The van der Waals surface area contributed by atoms with Crippen molar-refractivity contribution in [3.05, 3.63) is 29.8 Å². The molecular formula is C15H22N2O. The summed E-state index contributed by atoms with van der Waals surface area (Å²) in [6.45, 7) is 3.24. The lowest BCUT2D eigenvalue weighted by Crippen LogP contribution is -2.34. The largest absolute Gasteiger partial charge is 0.380 e. The zero-order valence-corrected chi connectivity index (χ0v) is 11.1. The molecule has 2 saturated heterocycles. The van der Waals surface area contributed by atoms with E-state index in [1.165, 1.54) is 43.6 Å². The smallest absolute Gasteiger partial charge is 0.0733 e. The Kier molecular flexibility index (Phi) is 3.52. The van der Waals surface area contributed by atoms with Gasteiger partial charge in [0.25, 0.3) is 0 Å². The fraction of sp³-hybridized carbons (Fsp3) is 0.600. The molecule has 0 amide bonds. The van der Waals surface area contributed by atoms with Gasteiger partial charge in [0, 0.05) is 37.0 Å². The van der Waals surface area contributed by atoms with E-state index in [-0.39, 0.29) is 0 Å². The first-order valence-electron chi connectivity index (χ1n) is 6.96. The van der Waals surface area contributed by atoms with Crippen LogP contribution in [0, 0.1) is 0 Å². The van der Waals surface area contributed by atoms with Gasteiger partial charge in [-0.2, -0.15) is 0 Å². The van der Waals surface area contributed by atoms with Gasteiger partial charge in [-0.15, -0.1) is 0 Å². The van der Waals surface area contributed by atoms with Crippen molar-refractivity contribution in [1.29, 1.82) is 0 Å². The van der Waals surface area contributed by atoms with Crippen molar-refractivity contribution in [2.75, 3.05) is 25.5 Å². The van der Waals surface area contributed by atoms with Crippen LogP contribution in [0.2, 0.25) is 0 Å². The van der Waals surface area contributed by atoms with Crippen molar-refractivity contribution in [2.24, 2.45) is 0 Å². The van der Waals surface area contributed by atoms with Gasteiger partial charge in [-0.1, -0.05) is 18.2 Å². The number of hydrogen-bond acceptors (Lipinski definition) is 3. The molecule has 0 aromatic heterocycles. The van der Waals surface area contributed by atoms with Gasteiger partial charge in [-0.05, 0) is 31.9 Å². The van der Waals surface area contributed by atoms with Crippen LogP contribution in [0.3, 0.4) is 0 Å². The highest BCUT2D eigenvalue weighted by molar-refractivity contribution is 5.52. The molecule has 3 heteroatoms. The Hall–Kier alpha value is -1.06. The number of nitrogens with zero attached hydrogens (tertiary/aromatic N) is 1. The van der Waals surface area contributed by atoms with Crippen molar-refractivity contribution >= 4 is 5.69 Å². The Morgan fingerprint density at radius 2 is 2.17 bits per heavy atom. The predicted molar refractivity (Wildman–Crippen MR) is 73.8 cm³/mol. The fourth-order valence-corrected chi connectivity index (χ4v) is 3.39. The maximum atomic E-state index is 5.27. The molecule has 2 heterocycles. The highest BCUT2D eigenvalue weighted by Gasteiger charge is 2.37. The summed E-state index contributed by atoms with van der Waals surface area (Å²) in [7, 11) is 1.76. The summed E-state index contributed by atoms with van der Waals surface area (Å²) in [4.78, 5) is 2.64. The van der Waals surface area contributed by atoms with Crippen LogP contribution in [-0.4, -0.2) is 37.2 Å². The molecule has 2 aliphatic rings. The molecule has 18 heavy (non-hydrogen) atoms. The van der Waals surface area contributed by atoms with Crippen LogP contribution in [-0.2, 0) is 11.3 Å². The Morgan fingerprint density at radius 3 is 3.06 bits per heavy atom. The van der Waals surface area contributed by atoms with Gasteiger partial charge in [-0.3, -0.25) is 4.90 Å². The zero-order chi connectivity index (χ0) is 12.4. The van der Waals surface area contributed by atoms with Crippen molar-refractivity contribution < 1.29 is 4.74 Å². The van der Waals surface area contributed by atoms with Crippen molar-refractivity contribution in [3.8, 4) is 0 Å². The minimum atomic E-state index is 0.616. The van der Waals surface area contributed by atoms with Crippen LogP contribution < -0.4 is 5.32 Å². The summed E-state index contributed by atoms with van der Waals surface area (Å²) >= 11 is 0. The lowest BCUT2D eigenvalue weighted by molar-refractivity contribution is 0.185. The summed E-state index contributed by atoms with van der Waals surface area (Å²) in [6.07, 6.45) is 3.98. The first kappa shape index (κ1) is 12.0. The third kappa shape index (κ3) is 2.25. The molecule has 3 nitrogen and oxygen atoms in total. The fourth-order valence-electron chi connectivity index (χ4n) is 3.39. The number of fused-ring (bicyclic) bond motifs is 1. The molecule has 98 valence electrons. The normalized spacial score (nSPS) is 27.4. The standard InChI is InChI=1S/C15H22N2O/c1-18-11-12-5-2-3-6-13(12)16-14-8-10-17-9-4-7-15(14)17/h2-3,5-6,14-16H,4,7-11H2,1H3. The molecule has 0 spiro atoms. The third-order valence-electron chi connectivity index (χ3n) is 4.26. The molecule has 1 aromatic carbocycles. The number of benzene rings is 1. The molecule has 0 radical (unpaired) electrons. The summed E-state index contributed by atoms with van der Waals surface area (Å²) in [5, 5.41) is 3.74. The molecule has 2 atom stereocenters. The maximum absolute atomic E-state index is 5.27. The number of nitrogens with one attached hydrogen (secondary N) is 1. The molecule has 2 unspecified atom stereocenters. The Balaban J connectivity index is 1.72. The van der Waals surface area contributed by atoms with Crippen LogP contribution in [0.25, 0.3) is 0 Å². The quantitative estimate of drug-likeness (QED) is 0.883. The van der Waals surface area contributed by atoms with Crippen LogP contribution in [0.5, 0.6) is 0 Å². The van der Waals surface area contributed by atoms with Crippen molar-refractivity contribution in [2.45, 2.75) is 38.0 Å². The van der Waals surface area contributed by atoms with Gasteiger partial charge < -0.3 is 10.1 Å². The number of ether oxygens (including phenoxy) is 1. The van der Waals surface area contributed by atoms with Gasteiger partial charge >= 0.3 is 0 Å². The van der Waals surface area contributed by atoms with Gasteiger partial charge in [0.15, 0.2) is 0 Å². The molecular weight excluding hydrogens is 224 g/mol. The third-order valence-corrected chi connectivity index (χ3v) is 4.26. The second kappa shape index (κ2) is 5.29. The second-order valence-corrected chi connectivity index (χ2v) is 5.38. The van der Waals surface area contributed by atoms with E-state index in [0.29, 0.717) is 12.6 Å². The van der Waals surface area contributed by atoms with Crippen LogP contribution in [0.4, 0.5) is 5.69 Å². The first-order valence-corrected chi connectivity index (χ1v) is 6.96. The van der Waals surface area contributed by atoms with Crippen LogP contribution >= 0.6 is 0 Å². The highest BCUT2D eigenvalue weighted by atomic mass is 16.5. The van der Waals surface area contributed by atoms with E-state index in [1.54, 1.807) is 7.11 Å². The molecule has 0 bridgehead atoms. The molecule has 0 aliphatic carbocycles. The predicted octanol–water partition coefficient (Wildman–Crippen LogP) is 2.48. The van der Waals surface area contributed by atoms with Gasteiger partial charge in [0.1, 0.15) is 0 Å². The topological polar surface area (TPSA) is 24.5 Å². The Morgan fingerprint density at radius 1 is 1.28 bits per heavy atom. The summed E-state index contributed by atoms with van der Waals surface area (Å²) in [6, 6.07) is 9.86. The number of para-hydroxylation sites is 1. The molecule has 1 aromatic rings. The average Bonchev–Trinajstić information content (AvgIpc) is 2.97. The molecule has 0 saturated carbocycles. The van der Waals surface area contributed by atoms with Gasteiger partial charge in [0.2, 0.25) is 0 Å². The summed E-state index contributed by atoms with van der Waals surface area (Å²) in [5.74, 6) is 0. The van der Waals surface area contributed by atoms with E-state index in [1.807, 2.05) is 0 Å². The molecule has 3 rings (SSSR count). The van der Waals surface area contributed by atoms with Crippen molar-refractivity contribution in [3.63, 3.8) is 0 Å². The summed E-state index contributed by atoms with van der Waals surface area (Å²) in [5.41, 5.74) is 2.51. The van der Waals surface area contributed by atoms with E-state index in [0.717, 1.165) is 6.04 Å². The minimum Gasteiger partial charge on any atom is -0.380 e.